The number of hydrogen-bond donors (Lipinski definition) is 1. The first kappa shape index (κ1) is 26.5. The van der Waals surface area contributed by atoms with Crippen LogP contribution in [0.15, 0.2) is 48.0 Å². The number of carbonyl (C=O) groups excluding carboxylic acids is 2. The van der Waals surface area contributed by atoms with E-state index in [4.69, 9.17) is 18.9 Å². The number of aliphatic hydroxyl groups excluding tert-OH is 1. The molecule has 0 aliphatic carbocycles. The maximum atomic E-state index is 13.3. The Bertz CT molecular complexity index is 1140. The zero-order valence-electron chi connectivity index (χ0n) is 21.6. The van der Waals surface area contributed by atoms with E-state index >= 15 is 0 Å². The highest BCUT2D eigenvalue weighted by atomic mass is 16.5. The Morgan fingerprint density at radius 3 is 2.35 bits per heavy atom. The molecule has 2 aliphatic rings. The lowest BCUT2D eigenvalue weighted by Gasteiger charge is -2.31. The van der Waals surface area contributed by atoms with Gasteiger partial charge < -0.3 is 29.0 Å². The predicted octanol–water partition coefficient (Wildman–Crippen LogP) is 3.25. The molecule has 2 aliphatic heterocycles. The van der Waals surface area contributed by atoms with Crippen LogP contribution >= 0.6 is 0 Å². The fourth-order valence-electron chi connectivity index (χ4n) is 4.64. The molecule has 2 heterocycles. The van der Waals surface area contributed by atoms with Gasteiger partial charge in [-0.3, -0.25) is 14.5 Å². The number of ether oxygens (including phenoxy) is 4. The number of amides is 1. The summed E-state index contributed by atoms with van der Waals surface area (Å²) in [7, 11) is 3.07. The number of ketones is 1. The van der Waals surface area contributed by atoms with E-state index in [-0.39, 0.29) is 11.3 Å². The van der Waals surface area contributed by atoms with Crippen molar-refractivity contribution in [3.05, 3.63) is 59.2 Å². The summed E-state index contributed by atoms with van der Waals surface area (Å²) in [5.41, 5.74) is 1.12. The van der Waals surface area contributed by atoms with Gasteiger partial charge in [-0.2, -0.15) is 0 Å². The van der Waals surface area contributed by atoms with Gasteiger partial charge in [-0.05, 0) is 48.4 Å². The van der Waals surface area contributed by atoms with Crippen LogP contribution in [0, 0.1) is 0 Å². The van der Waals surface area contributed by atoms with Gasteiger partial charge in [-0.25, -0.2) is 0 Å². The van der Waals surface area contributed by atoms with Crippen molar-refractivity contribution >= 4 is 17.4 Å². The summed E-state index contributed by atoms with van der Waals surface area (Å²) in [5.74, 6) is 0.0771. The second-order valence-electron chi connectivity index (χ2n) is 8.93. The fourth-order valence-corrected chi connectivity index (χ4v) is 4.64. The van der Waals surface area contributed by atoms with Crippen molar-refractivity contribution in [2.24, 2.45) is 0 Å². The number of rotatable bonds is 10. The normalized spacial score (nSPS) is 19.8. The SMILES string of the molecule is CCCOc1ccc(C(O)=C2C(=O)C(=O)N(CCN3CCOCC3)[C@H]2c2ccc(OC)c(OC)c2)cc1. The quantitative estimate of drug-likeness (QED) is 0.296. The summed E-state index contributed by atoms with van der Waals surface area (Å²) in [6, 6.07) is 11.3. The molecule has 2 fully saturated rings. The number of benzene rings is 2. The average molecular weight is 511 g/mol. The van der Waals surface area contributed by atoms with E-state index in [0.29, 0.717) is 61.3 Å². The van der Waals surface area contributed by atoms with Gasteiger partial charge in [0.05, 0.1) is 45.7 Å². The summed E-state index contributed by atoms with van der Waals surface area (Å²) >= 11 is 0. The van der Waals surface area contributed by atoms with Crippen LogP contribution in [0.1, 0.15) is 30.5 Å². The van der Waals surface area contributed by atoms with E-state index in [0.717, 1.165) is 19.5 Å². The molecular weight excluding hydrogens is 476 g/mol. The molecule has 0 saturated carbocycles. The number of hydrogen-bond acceptors (Lipinski definition) is 8. The van der Waals surface area contributed by atoms with Gasteiger partial charge >= 0.3 is 0 Å². The molecule has 4 rings (SSSR count). The van der Waals surface area contributed by atoms with Crippen molar-refractivity contribution in [2.45, 2.75) is 19.4 Å². The number of carbonyl (C=O) groups is 2. The van der Waals surface area contributed by atoms with Crippen molar-refractivity contribution in [2.75, 3.05) is 60.2 Å². The average Bonchev–Trinajstić information content (AvgIpc) is 3.20. The number of methoxy groups -OCH3 is 2. The minimum absolute atomic E-state index is 0.0430. The van der Waals surface area contributed by atoms with Gasteiger partial charge in [-0.1, -0.05) is 13.0 Å². The molecule has 2 aromatic rings. The molecule has 9 nitrogen and oxygen atoms in total. The Morgan fingerprint density at radius 1 is 1.00 bits per heavy atom. The molecule has 37 heavy (non-hydrogen) atoms. The van der Waals surface area contributed by atoms with Crippen molar-refractivity contribution in [3.8, 4) is 17.2 Å². The van der Waals surface area contributed by atoms with Crippen LogP contribution in [0.25, 0.3) is 5.76 Å². The first-order valence-electron chi connectivity index (χ1n) is 12.5. The first-order chi connectivity index (χ1) is 18.0. The van der Waals surface area contributed by atoms with Crippen molar-refractivity contribution in [1.82, 2.24) is 9.80 Å². The molecule has 1 amide bonds. The van der Waals surface area contributed by atoms with Crippen LogP contribution in [0.3, 0.4) is 0 Å². The predicted molar refractivity (Wildman–Crippen MR) is 138 cm³/mol. The monoisotopic (exact) mass is 510 g/mol. The van der Waals surface area contributed by atoms with E-state index in [1.165, 1.54) is 12.0 Å². The topological polar surface area (TPSA) is 97.8 Å². The zero-order chi connectivity index (χ0) is 26.4. The van der Waals surface area contributed by atoms with Gasteiger partial charge in [0.1, 0.15) is 11.5 Å². The lowest BCUT2D eigenvalue weighted by Crippen LogP contribution is -2.42. The third kappa shape index (κ3) is 5.73. The molecule has 1 N–H and O–H groups in total. The standard InChI is InChI=1S/C28H34N2O7/c1-4-15-37-21-8-5-19(6-9-21)26(31)24-25(20-7-10-22(34-2)23(18-20)35-3)30(28(33)27(24)32)12-11-29-13-16-36-17-14-29/h5-10,18,25,31H,4,11-17H2,1-3H3/t25-/m0/s1. The van der Waals surface area contributed by atoms with Crippen LogP contribution in [-0.4, -0.2) is 86.8 Å². The van der Waals surface area contributed by atoms with Crippen LogP contribution in [0.4, 0.5) is 0 Å². The summed E-state index contributed by atoms with van der Waals surface area (Å²) < 4.78 is 21.9. The molecule has 0 radical (unpaired) electrons. The molecule has 0 bridgehead atoms. The van der Waals surface area contributed by atoms with E-state index in [1.807, 2.05) is 6.92 Å². The highest BCUT2D eigenvalue weighted by molar-refractivity contribution is 6.46. The molecular formula is C28H34N2O7. The van der Waals surface area contributed by atoms with Gasteiger partial charge in [-0.15, -0.1) is 0 Å². The molecule has 0 aromatic heterocycles. The van der Waals surface area contributed by atoms with E-state index in [2.05, 4.69) is 4.90 Å². The second-order valence-corrected chi connectivity index (χ2v) is 8.93. The maximum Gasteiger partial charge on any atom is 0.295 e. The van der Waals surface area contributed by atoms with E-state index < -0.39 is 17.7 Å². The van der Waals surface area contributed by atoms with Crippen molar-refractivity contribution in [1.29, 1.82) is 0 Å². The number of likely N-dealkylation sites (tertiary alicyclic amines) is 1. The molecule has 2 aromatic carbocycles. The van der Waals surface area contributed by atoms with Gasteiger partial charge in [0, 0.05) is 31.7 Å². The highest BCUT2D eigenvalue weighted by Gasteiger charge is 2.46. The Hall–Kier alpha value is -3.56. The highest BCUT2D eigenvalue weighted by Crippen LogP contribution is 2.42. The molecule has 0 unspecified atom stereocenters. The summed E-state index contributed by atoms with van der Waals surface area (Å²) in [4.78, 5) is 30.3. The Morgan fingerprint density at radius 2 is 1.70 bits per heavy atom. The van der Waals surface area contributed by atoms with Crippen LogP contribution in [0.5, 0.6) is 17.2 Å². The molecule has 198 valence electrons. The first-order valence-corrected chi connectivity index (χ1v) is 12.5. The van der Waals surface area contributed by atoms with E-state index in [9.17, 15) is 14.7 Å². The summed E-state index contributed by atoms with van der Waals surface area (Å²) in [6.07, 6.45) is 0.876. The number of Topliss-reactive ketones (excluding diaryl/α,β-unsaturated/α-hetero) is 1. The van der Waals surface area contributed by atoms with Crippen LogP contribution < -0.4 is 14.2 Å². The second kappa shape index (κ2) is 12.1. The third-order valence-corrected chi connectivity index (χ3v) is 6.62. The number of nitrogens with zero attached hydrogens (tertiary/aromatic N) is 2. The minimum atomic E-state index is -0.781. The lowest BCUT2D eigenvalue weighted by atomic mass is 9.95. The Labute approximate surface area is 217 Å². The van der Waals surface area contributed by atoms with Gasteiger partial charge in [0.15, 0.2) is 11.5 Å². The number of morpholine rings is 1. The third-order valence-electron chi connectivity index (χ3n) is 6.62. The zero-order valence-corrected chi connectivity index (χ0v) is 21.6. The largest absolute Gasteiger partial charge is 0.507 e. The summed E-state index contributed by atoms with van der Waals surface area (Å²) in [5, 5.41) is 11.3. The van der Waals surface area contributed by atoms with Crippen molar-refractivity contribution < 1.29 is 33.6 Å². The van der Waals surface area contributed by atoms with Crippen LogP contribution in [-0.2, 0) is 14.3 Å². The molecule has 9 heteroatoms. The number of aliphatic hydroxyl groups is 1. The smallest absolute Gasteiger partial charge is 0.295 e. The van der Waals surface area contributed by atoms with Gasteiger partial charge in [0.2, 0.25) is 0 Å². The van der Waals surface area contributed by atoms with Crippen molar-refractivity contribution in [3.63, 3.8) is 0 Å². The molecule has 0 spiro atoms. The molecule has 2 saturated heterocycles. The molecule has 1 atom stereocenters. The fraction of sp³-hybridized carbons (Fsp3) is 0.429. The maximum absolute atomic E-state index is 13.3. The lowest BCUT2D eigenvalue weighted by molar-refractivity contribution is -0.140. The van der Waals surface area contributed by atoms with E-state index in [1.54, 1.807) is 49.6 Å². The summed E-state index contributed by atoms with van der Waals surface area (Å²) in [6.45, 7) is 6.31. The van der Waals surface area contributed by atoms with Crippen LogP contribution in [0.2, 0.25) is 0 Å². The minimum Gasteiger partial charge on any atom is -0.507 e. The Kier molecular flexibility index (Phi) is 8.68. The Balaban J connectivity index is 1.73. The van der Waals surface area contributed by atoms with Gasteiger partial charge in [0.25, 0.3) is 11.7 Å².